The Morgan fingerprint density at radius 2 is 1.77 bits per heavy atom. The molecule has 1 saturated heterocycles. The molecule has 0 bridgehead atoms. The summed E-state index contributed by atoms with van der Waals surface area (Å²) in [4.78, 5) is 16.3. The van der Waals surface area contributed by atoms with E-state index in [-0.39, 0.29) is 17.5 Å². The van der Waals surface area contributed by atoms with E-state index in [9.17, 15) is 13.4 Å². The van der Waals surface area contributed by atoms with Crippen molar-refractivity contribution in [2.24, 2.45) is 0 Å². The van der Waals surface area contributed by atoms with E-state index in [1.807, 2.05) is 31.2 Å². The van der Waals surface area contributed by atoms with Gasteiger partial charge >= 0.3 is 0 Å². The minimum Gasteiger partial charge on any atom is -0.368 e. The number of hydrogen-bond donors (Lipinski definition) is 0. The molecule has 0 aromatic heterocycles. The highest BCUT2D eigenvalue weighted by Crippen LogP contribution is 2.17. The summed E-state index contributed by atoms with van der Waals surface area (Å²) in [5.41, 5.74) is 3.08. The number of benzene rings is 2. The van der Waals surface area contributed by atoms with Gasteiger partial charge in [-0.05, 0) is 36.8 Å². The van der Waals surface area contributed by atoms with E-state index in [0.717, 1.165) is 16.8 Å². The molecule has 0 spiro atoms. The van der Waals surface area contributed by atoms with Crippen LogP contribution in [0.15, 0.2) is 48.5 Å². The predicted octanol–water partition coefficient (Wildman–Crippen LogP) is 2.73. The third kappa shape index (κ3) is 4.91. The summed E-state index contributed by atoms with van der Waals surface area (Å²) in [5.74, 6) is 0.154. The summed E-state index contributed by atoms with van der Waals surface area (Å²) in [6.07, 6.45) is 0. The monoisotopic (exact) mass is 374 g/mol. The highest BCUT2D eigenvalue weighted by Gasteiger charge is 2.22. The van der Waals surface area contributed by atoms with Gasteiger partial charge in [0.25, 0.3) is 0 Å². The van der Waals surface area contributed by atoms with Crippen LogP contribution in [0.25, 0.3) is 0 Å². The van der Waals surface area contributed by atoms with Crippen LogP contribution in [0.1, 0.15) is 11.1 Å². The maximum absolute atomic E-state index is 13.0. The lowest BCUT2D eigenvalue weighted by Gasteiger charge is -2.36. The van der Waals surface area contributed by atoms with Crippen molar-refractivity contribution < 1.29 is 13.4 Å². The zero-order valence-electron chi connectivity index (χ0n) is 14.9. The molecule has 3 rings (SSSR count). The Labute approximate surface area is 156 Å². The van der Waals surface area contributed by atoms with Gasteiger partial charge in [0.1, 0.15) is 11.6 Å². The zero-order chi connectivity index (χ0) is 18.5. The molecule has 1 amide bonds. The van der Waals surface area contributed by atoms with Crippen molar-refractivity contribution in [1.82, 2.24) is 4.90 Å². The second-order valence-corrected chi connectivity index (χ2v) is 8.02. The third-order valence-corrected chi connectivity index (χ3v) is 5.74. The fourth-order valence-corrected chi connectivity index (χ4v) is 4.25. The standard InChI is InChI=1S/C20H23FN2O2S/c1-16-3-2-4-17(13-16)14-26(25)15-20(24)23-11-9-22(10-12-23)19-7-5-18(21)6-8-19/h2-8,13H,9-12,14-15H2,1H3. The number of carbonyl (C=O) groups is 1. The number of nitrogens with zero attached hydrogens (tertiary/aromatic N) is 2. The molecule has 0 N–H and O–H groups in total. The molecule has 1 aliphatic rings. The lowest BCUT2D eigenvalue weighted by Crippen LogP contribution is -2.50. The molecule has 1 fully saturated rings. The first-order chi connectivity index (χ1) is 12.5. The van der Waals surface area contributed by atoms with Crippen LogP contribution in [0.4, 0.5) is 10.1 Å². The van der Waals surface area contributed by atoms with Crippen molar-refractivity contribution in [1.29, 1.82) is 0 Å². The van der Waals surface area contributed by atoms with E-state index in [2.05, 4.69) is 4.90 Å². The number of aryl methyl sites for hydroxylation is 1. The number of hydrogen-bond acceptors (Lipinski definition) is 3. The molecule has 2 aromatic rings. The van der Waals surface area contributed by atoms with Gasteiger partial charge in [0.15, 0.2) is 0 Å². The maximum Gasteiger partial charge on any atom is 0.235 e. The summed E-state index contributed by atoms with van der Waals surface area (Å²) in [7, 11) is -1.20. The Morgan fingerprint density at radius 3 is 2.42 bits per heavy atom. The summed E-state index contributed by atoms with van der Waals surface area (Å²) in [6, 6.07) is 14.3. The Kier molecular flexibility index (Phi) is 6.04. The molecule has 138 valence electrons. The van der Waals surface area contributed by atoms with Crippen LogP contribution in [0.5, 0.6) is 0 Å². The molecule has 0 radical (unpaired) electrons. The lowest BCUT2D eigenvalue weighted by atomic mass is 10.2. The largest absolute Gasteiger partial charge is 0.368 e. The van der Waals surface area contributed by atoms with Gasteiger partial charge in [-0.3, -0.25) is 9.00 Å². The molecule has 1 aliphatic heterocycles. The first-order valence-electron chi connectivity index (χ1n) is 8.70. The van der Waals surface area contributed by atoms with Crippen molar-refractivity contribution in [3.63, 3.8) is 0 Å². The van der Waals surface area contributed by atoms with Crippen molar-refractivity contribution in [3.8, 4) is 0 Å². The Hall–Kier alpha value is -2.21. The molecule has 0 aliphatic carbocycles. The van der Waals surface area contributed by atoms with Gasteiger partial charge in [-0.1, -0.05) is 29.8 Å². The molecule has 2 aromatic carbocycles. The van der Waals surface area contributed by atoms with Gasteiger partial charge in [0.05, 0.1) is 0 Å². The second-order valence-electron chi connectivity index (χ2n) is 6.56. The normalized spacial score (nSPS) is 15.8. The first-order valence-corrected chi connectivity index (χ1v) is 10.2. The number of halogens is 1. The molecule has 1 unspecified atom stereocenters. The Balaban J connectivity index is 1.48. The number of amides is 1. The van der Waals surface area contributed by atoms with E-state index < -0.39 is 10.8 Å². The van der Waals surface area contributed by atoms with Gasteiger partial charge in [-0.25, -0.2) is 4.39 Å². The Morgan fingerprint density at radius 1 is 1.08 bits per heavy atom. The summed E-state index contributed by atoms with van der Waals surface area (Å²) in [6.45, 7) is 4.58. The number of anilines is 1. The van der Waals surface area contributed by atoms with Crippen LogP contribution in [-0.4, -0.2) is 46.9 Å². The lowest BCUT2D eigenvalue weighted by molar-refractivity contribution is -0.128. The van der Waals surface area contributed by atoms with E-state index >= 15 is 0 Å². The molecule has 1 heterocycles. The number of rotatable bonds is 5. The second kappa shape index (κ2) is 8.45. The van der Waals surface area contributed by atoms with Gasteiger partial charge in [0, 0.05) is 48.4 Å². The highest BCUT2D eigenvalue weighted by atomic mass is 32.2. The molecule has 4 nitrogen and oxygen atoms in total. The first kappa shape index (κ1) is 18.6. The smallest absolute Gasteiger partial charge is 0.235 e. The van der Waals surface area contributed by atoms with Crippen LogP contribution in [0.3, 0.4) is 0 Å². The molecule has 26 heavy (non-hydrogen) atoms. The highest BCUT2D eigenvalue weighted by molar-refractivity contribution is 7.84. The molecule has 1 atom stereocenters. The topological polar surface area (TPSA) is 40.6 Å². The van der Waals surface area contributed by atoms with Crippen molar-refractivity contribution >= 4 is 22.4 Å². The molecular formula is C20H23FN2O2S. The third-order valence-electron chi connectivity index (χ3n) is 4.52. The predicted molar refractivity (Wildman–Crippen MR) is 103 cm³/mol. The van der Waals surface area contributed by atoms with Crippen LogP contribution in [0.2, 0.25) is 0 Å². The average Bonchev–Trinajstić information content (AvgIpc) is 2.62. The molecular weight excluding hydrogens is 351 g/mol. The number of piperazine rings is 1. The SMILES string of the molecule is Cc1cccc(CS(=O)CC(=O)N2CCN(c3ccc(F)cc3)CC2)c1. The summed E-state index contributed by atoms with van der Waals surface area (Å²) >= 11 is 0. The number of carbonyl (C=O) groups excluding carboxylic acids is 1. The van der Waals surface area contributed by atoms with Crippen molar-refractivity contribution in [2.75, 3.05) is 36.8 Å². The van der Waals surface area contributed by atoms with Crippen LogP contribution >= 0.6 is 0 Å². The van der Waals surface area contributed by atoms with E-state index in [1.165, 1.54) is 12.1 Å². The average molecular weight is 374 g/mol. The fourth-order valence-electron chi connectivity index (χ4n) is 3.13. The zero-order valence-corrected chi connectivity index (χ0v) is 15.7. The van der Waals surface area contributed by atoms with E-state index in [1.54, 1.807) is 17.0 Å². The van der Waals surface area contributed by atoms with Gasteiger partial charge in [0.2, 0.25) is 5.91 Å². The fraction of sp³-hybridized carbons (Fsp3) is 0.350. The van der Waals surface area contributed by atoms with Crippen LogP contribution in [-0.2, 0) is 21.3 Å². The van der Waals surface area contributed by atoms with Crippen LogP contribution < -0.4 is 4.90 Å². The van der Waals surface area contributed by atoms with E-state index in [4.69, 9.17) is 0 Å². The minimum atomic E-state index is -1.20. The van der Waals surface area contributed by atoms with Crippen molar-refractivity contribution in [3.05, 3.63) is 65.5 Å². The van der Waals surface area contributed by atoms with Gasteiger partial charge in [-0.2, -0.15) is 0 Å². The molecule has 0 saturated carbocycles. The quantitative estimate of drug-likeness (QED) is 0.808. The van der Waals surface area contributed by atoms with Crippen LogP contribution in [0, 0.1) is 12.7 Å². The minimum absolute atomic E-state index is 0.0600. The summed E-state index contributed by atoms with van der Waals surface area (Å²) < 4.78 is 25.3. The van der Waals surface area contributed by atoms with Gasteiger partial charge in [-0.15, -0.1) is 0 Å². The van der Waals surface area contributed by atoms with Crippen molar-refractivity contribution in [2.45, 2.75) is 12.7 Å². The maximum atomic E-state index is 13.0. The molecule has 6 heteroatoms. The van der Waals surface area contributed by atoms with Gasteiger partial charge < -0.3 is 9.80 Å². The van der Waals surface area contributed by atoms with E-state index in [0.29, 0.717) is 31.9 Å². The summed E-state index contributed by atoms with van der Waals surface area (Å²) in [5, 5.41) is 0. The Bertz CT molecular complexity index is 787.